The molecule has 0 radical (unpaired) electrons. The molecule has 2 saturated heterocycles. The van der Waals surface area contributed by atoms with Gasteiger partial charge in [0.05, 0.1) is 23.7 Å². The van der Waals surface area contributed by atoms with Crippen molar-refractivity contribution in [2.24, 2.45) is 0 Å². The number of fused-ring (bicyclic) bond motifs is 1. The molecule has 0 spiro atoms. The van der Waals surface area contributed by atoms with E-state index in [4.69, 9.17) is 4.74 Å². The number of ether oxygens (including phenoxy) is 1. The molecule has 3 aliphatic rings. The van der Waals surface area contributed by atoms with Gasteiger partial charge in [0.15, 0.2) is 0 Å². The number of anilines is 2. The van der Waals surface area contributed by atoms with E-state index in [2.05, 4.69) is 10.6 Å². The van der Waals surface area contributed by atoms with Gasteiger partial charge < -0.3 is 20.3 Å². The second kappa shape index (κ2) is 9.36. The highest BCUT2D eigenvalue weighted by atomic mass is 32.2. The molecule has 0 aliphatic carbocycles. The molecule has 2 amide bonds. The van der Waals surface area contributed by atoms with Crippen LogP contribution in [-0.2, 0) is 21.3 Å². The van der Waals surface area contributed by atoms with E-state index in [1.807, 2.05) is 11.0 Å². The Morgan fingerprint density at radius 2 is 1.74 bits per heavy atom. The van der Waals surface area contributed by atoms with Crippen molar-refractivity contribution >= 4 is 33.2 Å². The molecule has 5 rings (SSSR count). The third kappa shape index (κ3) is 4.40. The van der Waals surface area contributed by atoms with Crippen LogP contribution in [0.4, 0.5) is 11.4 Å². The van der Waals surface area contributed by atoms with Gasteiger partial charge in [0.25, 0.3) is 11.8 Å². The molecule has 2 aromatic carbocycles. The number of amides is 2. The number of carbonyl (C=O) groups excluding carboxylic acids is 2. The van der Waals surface area contributed by atoms with Crippen LogP contribution in [0.1, 0.15) is 45.5 Å². The molecule has 2 fully saturated rings. The number of benzene rings is 2. The molecular formula is C24H28N4O5S. The van der Waals surface area contributed by atoms with Gasteiger partial charge in [-0.2, -0.15) is 4.31 Å². The maximum atomic E-state index is 13.4. The van der Waals surface area contributed by atoms with Gasteiger partial charge in [-0.25, -0.2) is 8.42 Å². The fourth-order valence-corrected chi connectivity index (χ4v) is 6.22. The van der Waals surface area contributed by atoms with Crippen molar-refractivity contribution < 1.29 is 22.7 Å². The molecule has 2 N–H and O–H groups in total. The van der Waals surface area contributed by atoms with E-state index in [1.165, 1.54) is 10.4 Å². The van der Waals surface area contributed by atoms with Crippen LogP contribution < -0.4 is 15.5 Å². The van der Waals surface area contributed by atoms with Gasteiger partial charge in [0.2, 0.25) is 10.0 Å². The average molecular weight is 485 g/mol. The fraction of sp³-hybridized carbons (Fsp3) is 0.417. The summed E-state index contributed by atoms with van der Waals surface area (Å²) in [6, 6.07) is 9.99. The first-order valence-corrected chi connectivity index (χ1v) is 13.1. The lowest BCUT2D eigenvalue weighted by molar-refractivity contribution is 0.0964. The Morgan fingerprint density at radius 1 is 0.971 bits per heavy atom. The van der Waals surface area contributed by atoms with Gasteiger partial charge in [0, 0.05) is 49.7 Å². The first-order valence-electron chi connectivity index (χ1n) is 11.6. The number of nitrogens with one attached hydrogen (secondary N) is 2. The average Bonchev–Trinajstić information content (AvgIpc) is 3.24. The standard InChI is InChI=1S/C24H28N4O5S/c29-23-20-14-18(5-4-17(20)16-25-23)26-24(30)21-15-19(34(31,32)28-8-2-1-3-9-28)6-7-22(21)27-10-12-33-13-11-27/h4-7,14-15H,1-3,8-13,16H2,(H,25,29)(H,26,30). The molecule has 3 aliphatic heterocycles. The van der Waals surface area contributed by atoms with E-state index in [-0.39, 0.29) is 16.4 Å². The van der Waals surface area contributed by atoms with E-state index in [1.54, 1.807) is 24.3 Å². The number of carbonyl (C=O) groups is 2. The van der Waals surface area contributed by atoms with Crippen molar-refractivity contribution in [3.63, 3.8) is 0 Å². The fourth-order valence-electron chi connectivity index (χ4n) is 4.68. The topological polar surface area (TPSA) is 108 Å². The van der Waals surface area contributed by atoms with Crippen LogP contribution in [0.3, 0.4) is 0 Å². The quantitative estimate of drug-likeness (QED) is 0.674. The molecule has 9 nitrogen and oxygen atoms in total. The minimum atomic E-state index is -3.70. The highest BCUT2D eigenvalue weighted by Crippen LogP contribution is 2.29. The minimum absolute atomic E-state index is 0.116. The minimum Gasteiger partial charge on any atom is -0.378 e. The summed E-state index contributed by atoms with van der Waals surface area (Å²) in [5.74, 6) is -0.592. The van der Waals surface area contributed by atoms with Gasteiger partial charge in [0.1, 0.15) is 0 Å². The van der Waals surface area contributed by atoms with Gasteiger partial charge >= 0.3 is 0 Å². The largest absolute Gasteiger partial charge is 0.378 e. The van der Waals surface area contributed by atoms with Crippen LogP contribution in [0.2, 0.25) is 0 Å². The molecule has 0 atom stereocenters. The monoisotopic (exact) mass is 484 g/mol. The van der Waals surface area contributed by atoms with E-state index in [0.29, 0.717) is 62.9 Å². The maximum Gasteiger partial charge on any atom is 0.257 e. The van der Waals surface area contributed by atoms with E-state index in [9.17, 15) is 18.0 Å². The normalized spacial score (nSPS) is 18.9. The van der Waals surface area contributed by atoms with Gasteiger partial charge in [-0.05, 0) is 48.7 Å². The Hall–Kier alpha value is -2.95. The first-order chi connectivity index (χ1) is 16.4. The summed E-state index contributed by atoms with van der Waals surface area (Å²) in [7, 11) is -3.70. The van der Waals surface area contributed by atoms with Crippen LogP contribution in [0.25, 0.3) is 0 Å². The van der Waals surface area contributed by atoms with Crippen molar-refractivity contribution in [3.8, 4) is 0 Å². The first kappa shape index (κ1) is 22.8. The Kier molecular flexibility index (Phi) is 6.28. The lowest BCUT2D eigenvalue weighted by Gasteiger charge is -2.31. The third-order valence-electron chi connectivity index (χ3n) is 6.57. The highest BCUT2D eigenvalue weighted by Gasteiger charge is 2.29. The zero-order valence-electron chi connectivity index (χ0n) is 18.9. The zero-order chi connectivity index (χ0) is 23.7. The number of hydrogen-bond donors (Lipinski definition) is 2. The van der Waals surface area contributed by atoms with Crippen molar-refractivity contribution in [1.82, 2.24) is 9.62 Å². The van der Waals surface area contributed by atoms with E-state index < -0.39 is 15.9 Å². The summed E-state index contributed by atoms with van der Waals surface area (Å²) in [5, 5.41) is 5.62. The van der Waals surface area contributed by atoms with Gasteiger partial charge in [-0.3, -0.25) is 9.59 Å². The summed E-state index contributed by atoms with van der Waals surface area (Å²) in [6.45, 7) is 3.75. The Labute approximate surface area is 199 Å². The molecule has 3 heterocycles. The lowest BCUT2D eigenvalue weighted by atomic mass is 10.1. The number of nitrogens with zero attached hydrogens (tertiary/aromatic N) is 2. The van der Waals surface area contributed by atoms with E-state index in [0.717, 1.165) is 24.8 Å². The highest BCUT2D eigenvalue weighted by molar-refractivity contribution is 7.89. The van der Waals surface area contributed by atoms with Crippen LogP contribution >= 0.6 is 0 Å². The van der Waals surface area contributed by atoms with Crippen LogP contribution in [0, 0.1) is 0 Å². The Bertz CT molecular complexity index is 1220. The van der Waals surface area contributed by atoms with Crippen LogP contribution in [0.5, 0.6) is 0 Å². The van der Waals surface area contributed by atoms with Crippen LogP contribution in [-0.4, -0.2) is 63.9 Å². The van der Waals surface area contributed by atoms with Crippen molar-refractivity contribution in [2.45, 2.75) is 30.7 Å². The number of piperidine rings is 1. The molecule has 0 aromatic heterocycles. The molecule has 34 heavy (non-hydrogen) atoms. The Balaban J connectivity index is 1.49. The van der Waals surface area contributed by atoms with Crippen molar-refractivity contribution in [2.75, 3.05) is 49.6 Å². The zero-order valence-corrected chi connectivity index (χ0v) is 19.7. The summed E-state index contributed by atoms with van der Waals surface area (Å²) in [6.07, 6.45) is 2.70. The predicted octanol–water partition coefficient (Wildman–Crippen LogP) is 2.19. The van der Waals surface area contributed by atoms with Crippen molar-refractivity contribution in [1.29, 1.82) is 0 Å². The number of hydrogen-bond acceptors (Lipinski definition) is 6. The molecule has 2 aromatic rings. The van der Waals surface area contributed by atoms with E-state index >= 15 is 0 Å². The molecule has 0 bridgehead atoms. The predicted molar refractivity (Wildman–Crippen MR) is 128 cm³/mol. The second-order valence-corrected chi connectivity index (χ2v) is 10.7. The second-order valence-electron chi connectivity index (χ2n) is 8.75. The number of rotatable bonds is 5. The molecular weight excluding hydrogens is 456 g/mol. The van der Waals surface area contributed by atoms with Crippen LogP contribution in [0.15, 0.2) is 41.3 Å². The molecule has 0 unspecified atom stereocenters. The molecule has 180 valence electrons. The van der Waals surface area contributed by atoms with Crippen molar-refractivity contribution in [3.05, 3.63) is 53.1 Å². The number of sulfonamides is 1. The van der Waals surface area contributed by atoms with Gasteiger partial charge in [-0.15, -0.1) is 0 Å². The molecule has 0 saturated carbocycles. The summed E-state index contributed by atoms with van der Waals surface area (Å²) >= 11 is 0. The number of morpholine rings is 1. The third-order valence-corrected chi connectivity index (χ3v) is 8.46. The van der Waals surface area contributed by atoms with Gasteiger partial charge in [-0.1, -0.05) is 12.5 Å². The SMILES string of the molecule is O=C1NCc2ccc(NC(=O)c3cc(S(=O)(=O)N4CCCCC4)ccc3N3CCOCC3)cc21. The summed E-state index contributed by atoms with van der Waals surface area (Å²) in [4.78, 5) is 27.6. The summed E-state index contributed by atoms with van der Waals surface area (Å²) in [5.41, 5.74) is 2.85. The smallest absolute Gasteiger partial charge is 0.257 e. The molecule has 10 heteroatoms. The maximum absolute atomic E-state index is 13.4. The lowest BCUT2D eigenvalue weighted by Crippen LogP contribution is -2.38. The summed E-state index contributed by atoms with van der Waals surface area (Å²) < 4.78 is 33.5. The Morgan fingerprint density at radius 3 is 2.50 bits per heavy atom.